The van der Waals surface area contributed by atoms with E-state index in [-0.39, 0.29) is 11.8 Å². The van der Waals surface area contributed by atoms with E-state index >= 15 is 0 Å². The highest BCUT2D eigenvalue weighted by molar-refractivity contribution is 5.98. The lowest BCUT2D eigenvalue weighted by atomic mass is 9.98. The van der Waals surface area contributed by atoms with Crippen LogP contribution in [0.2, 0.25) is 0 Å². The highest BCUT2D eigenvalue weighted by Crippen LogP contribution is 2.23. The molecule has 0 fully saturated rings. The third-order valence-corrected chi connectivity index (χ3v) is 6.38. The van der Waals surface area contributed by atoms with Gasteiger partial charge in [-0.05, 0) is 61.0 Å². The van der Waals surface area contributed by atoms with Gasteiger partial charge in [-0.15, -0.1) is 0 Å². The molecule has 3 aromatic carbocycles. The number of nitrogens with zero attached hydrogens (tertiary/aromatic N) is 1. The maximum absolute atomic E-state index is 13.2. The van der Waals surface area contributed by atoms with Gasteiger partial charge in [0.05, 0.1) is 13.7 Å². The van der Waals surface area contributed by atoms with Gasteiger partial charge in [-0.1, -0.05) is 55.5 Å². The molecule has 2 amide bonds. The normalized spacial score (nSPS) is 11.7. The summed E-state index contributed by atoms with van der Waals surface area (Å²) >= 11 is 0. The van der Waals surface area contributed by atoms with Crippen LogP contribution in [-0.2, 0) is 29.0 Å². The smallest absolute Gasteiger partial charge is 0.251 e. The molecule has 0 aliphatic heterocycles. The molecule has 1 unspecified atom stereocenters. The number of carbonyl (C=O) groups is 2. The number of carbonyl (C=O) groups excluding carboxylic acids is 2. The summed E-state index contributed by atoms with van der Waals surface area (Å²) in [7, 11) is 7.06. The first kappa shape index (κ1) is 28.9. The van der Waals surface area contributed by atoms with Crippen LogP contribution in [0.15, 0.2) is 66.7 Å². The maximum atomic E-state index is 13.2. The van der Waals surface area contributed by atoms with E-state index < -0.39 is 6.04 Å². The first-order valence-electron chi connectivity index (χ1n) is 12.9. The fraction of sp³-hybridized carbons (Fsp3) is 0.355. The Balaban J connectivity index is 1.79. The molecule has 3 aromatic rings. The van der Waals surface area contributed by atoms with Crippen LogP contribution in [0.1, 0.15) is 34.0 Å². The minimum atomic E-state index is -0.730. The Hall–Kier alpha value is -3.68. The van der Waals surface area contributed by atoms with Crippen molar-refractivity contribution in [3.05, 3.63) is 89.0 Å². The molecule has 38 heavy (non-hydrogen) atoms. The lowest BCUT2D eigenvalue weighted by Crippen LogP contribution is -2.49. The van der Waals surface area contributed by atoms with Crippen LogP contribution in [0, 0.1) is 0 Å². The Morgan fingerprint density at radius 1 is 0.921 bits per heavy atom. The highest BCUT2D eigenvalue weighted by Gasteiger charge is 2.22. The van der Waals surface area contributed by atoms with E-state index in [0.717, 1.165) is 28.7 Å². The molecule has 2 N–H and O–H groups in total. The fourth-order valence-electron chi connectivity index (χ4n) is 4.20. The lowest BCUT2D eigenvalue weighted by molar-refractivity contribution is -0.123. The average Bonchev–Trinajstić information content (AvgIpc) is 2.93. The molecular formula is C31H39N3O4. The van der Waals surface area contributed by atoms with Crippen LogP contribution in [-0.4, -0.2) is 64.2 Å². The molecule has 0 aliphatic carbocycles. The molecule has 0 saturated heterocycles. The van der Waals surface area contributed by atoms with Crippen molar-refractivity contribution < 1.29 is 19.1 Å². The van der Waals surface area contributed by atoms with E-state index in [4.69, 9.17) is 9.47 Å². The Labute approximate surface area is 226 Å². The van der Waals surface area contributed by atoms with Gasteiger partial charge in [0, 0.05) is 37.7 Å². The van der Waals surface area contributed by atoms with E-state index in [2.05, 4.69) is 54.0 Å². The van der Waals surface area contributed by atoms with Crippen molar-refractivity contribution >= 4 is 11.8 Å². The summed E-state index contributed by atoms with van der Waals surface area (Å²) < 4.78 is 10.6. The zero-order chi connectivity index (χ0) is 27.5. The van der Waals surface area contributed by atoms with Gasteiger partial charge < -0.3 is 25.0 Å². The van der Waals surface area contributed by atoms with Crippen molar-refractivity contribution in [3.63, 3.8) is 0 Å². The van der Waals surface area contributed by atoms with Crippen molar-refractivity contribution in [2.24, 2.45) is 0 Å². The van der Waals surface area contributed by atoms with E-state index in [1.54, 1.807) is 32.4 Å². The zero-order valence-electron chi connectivity index (χ0n) is 23.0. The zero-order valence-corrected chi connectivity index (χ0v) is 23.0. The van der Waals surface area contributed by atoms with Crippen molar-refractivity contribution in [3.8, 4) is 16.9 Å². The third-order valence-electron chi connectivity index (χ3n) is 6.38. The number of methoxy groups -OCH3 is 2. The van der Waals surface area contributed by atoms with Crippen LogP contribution in [0.25, 0.3) is 11.1 Å². The van der Waals surface area contributed by atoms with Gasteiger partial charge in [-0.25, -0.2) is 0 Å². The Bertz CT molecular complexity index is 1210. The Morgan fingerprint density at radius 2 is 1.68 bits per heavy atom. The highest BCUT2D eigenvalue weighted by atomic mass is 16.5. The van der Waals surface area contributed by atoms with Crippen LogP contribution in [0.4, 0.5) is 0 Å². The van der Waals surface area contributed by atoms with Crippen molar-refractivity contribution in [1.82, 2.24) is 15.5 Å². The summed E-state index contributed by atoms with van der Waals surface area (Å²) in [6.07, 6.45) is 1.35. The molecule has 0 radical (unpaired) electrons. The summed E-state index contributed by atoms with van der Waals surface area (Å²) in [5.41, 5.74) is 5.73. The molecule has 7 nitrogen and oxygen atoms in total. The summed E-state index contributed by atoms with van der Waals surface area (Å²) in [6, 6.07) is 21.1. The number of aryl methyl sites for hydroxylation is 1. The minimum absolute atomic E-state index is 0.217. The molecular weight excluding hydrogens is 478 g/mol. The molecule has 0 bridgehead atoms. The number of likely N-dealkylation sites (N-methyl/N-ethyl adjacent to an activating group) is 1. The van der Waals surface area contributed by atoms with Gasteiger partial charge >= 0.3 is 0 Å². The third kappa shape index (κ3) is 8.16. The topological polar surface area (TPSA) is 79.9 Å². The molecule has 0 heterocycles. The van der Waals surface area contributed by atoms with Gasteiger partial charge in [0.15, 0.2) is 0 Å². The second kappa shape index (κ2) is 14.3. The SMILES string of the molecule is CCc1cccc(-c2ccc(CC(NC(=O)c3ccc(OC)c(COC)c3)C(=O)NCCN(C)C)cc2)c1. The molecule has 202 valence electrons. The van der Waals surface area contributed by atoms with Crippen LogP contribution in [0.5, 0.6) is 5.75 Å². The van der Waals surface area contributed by atoms with Gasteiger partial charge in [0.25, 0.3) is 5.91 Å². The number of hydrogen-bond acceptors (Lipinski definition) is 5. The molecule has 0 saturated carbocycles. The number of amides is 2. The Kier molecular flexibility index (Phi) is 10.9. The van der Waals surface area contributed by atoms with E-state index in [0.29, 0.717) is 37.4 Å². The first-order chi connectivity index (χ1) is 18.3. The van der Waals surface area contributed by atoms with Crippen molar-refractivity contribution in [1.29, 1.82) is 0 Å². The molecule has 0 spiro atoms. The molecule has 3 rings (SSSR count). The minimum Gasteiger partial charge on any atom is -0.496 e. The largest absolute Gasteiger partial charge is 0.496 e. The predicted octanol–water partition coefficient (Wildman–Crippen LogP) is 4.09. The molecule has 1 atom stereocenters. The molecule has 7 heteroatoms. The predicted molar refractivity (Wildman–Crippen MR) is 151 cm³/mol. The first-order valence-corrected chi connectivity index (χ1v) is 12.9. The van der Waals surface area contributed by atoms with Crippen molar-refractivity contribution in [2.75, 3.05) is 41.4 Å². The standard InChI is InChI=1S/C31H39N3O4/c1-6-22-8-7-9-25(18-22)24-12-10-23(11-13-24)19-28(31(36)32-16-17-34(2)3)33-30(35)26-14-15-29(38-5)27(20-26)21-37-4/h7-15,18,20,28H,6,16-17,19,21H2,1-5H3,(H,32,36)(H,33,35). The van der Waals surface area contributed by atoms with Crippen molar-refractivity contribution in [2.45, 2.75) is 32.4 Å². The number of rotatable bonds is 13. The van der Waals surface area contributed by atoms with Gasteiger partial charge in [-0.2, -0.15) is 0 Å². The Morgan fingerprint density at radius 3 is 2.34 bits per heavy atom. The number of benzene rings is 3. The summed E-state index contributed by atoms with van der Waals surface area (Å²) in [5.74, 6) is 0.0993. The van der Waals surface area contributed by atoms with Crippen LogP contribution < -0.4 is 15.4 Å². The van der Waals surface area contributed by atoms with Gasteiger partial charge in [-0.3, -0.25) is 9.59 Å². The maximum Gasteiger partial charge on any atom is 0.251 e. The van der Waals surface area contributed by atoms with E-state index in [1.807, 2.05) is 31.1 Å². The fourth-order valence-corrected chi connectivity index (χ4v) is 4.20. The van der Waals surface area contributed by atoms with Gasteiger partial charge in [0.2, 0.25) is 5.91 Å². The van der Waals surface area contributed by atoms with E-state index in [1.165, 1.54) is 5.56 Å². The summed E-state index contributed by atoms with van der Waals surface area (Å²) in [5, 5.41) is 5.90. The quantitative estimate of drug-likeness (QED) is 0.357. The monoisotopic (exact) mass is 517 g/mol. The number of ether oxygens (including phenoxy) is 2. The second-order valence-electron chi connectivity index (χ2n) is 9.53. The summed E-state index contributed by atoms with van der Waals surface area (Å²) in [6.45, 7) is 3.65. The number of hydrogen-bond donors (Lipinski definition) is 2. The van der Waals surface area contributed by atoms with Crippen LogP contribution >= 0.6 is 0 Å². The summed E-state index contributed by atoms with van der Waals surface area (Å²) in [4.78, 5) is 28.3. The van der Waals surface area contributed by atoms with E-state index in [9.17, 15) is 9.59 Å². The average molecular weight is 518 g/mol. The van der Waals surface area contributed by atoms with Gasteiger partial charge in [0.1, 0.15) is 11.8 Å². The molecule has 0 aromatic heterocycles. The number of nitrogens with one attached hydrogen (secondary N) is 2. The van der Waals surface area contributed by atoms with Crippen LogP contribution in [0.3, 0.4) is 0 Å². The molecule has 0 aliphatic rings. The lowest BCUT2D eigenvalue weighted by Gasteiger charge is -2.20. The second-order valence-corrected chi connectivity index (χ2v) is 9.53.